The molecule has 3 saturated heterocycles. The van der Waals surface area contributed by atoms with Crippen molar-refractivity contribution < 1.29 is 24.1 Å². The van der Waals surface area contributed by atoms with Crippen LogP contribution in [0.4, 0.5) is 0 Å². The number of hydrogen-bond acceptors (Lipinski definition) is 4. The standard InChI is InChI=1S/C14H22O5/c1-10-14(12(15)16,4-7-18-10)11-2-5-19-13(8-11)3-6-17-9-13/h10-11H,2-9H2,1H3,(H,15,16). The van der Waals surface area contributed by atoms with Crippen LogP contribution in [0, 0.1) is 11.3 Å². The Morgan fingerprint density at radius 3 is 2.68 bits per heavy atom. The topological polar surface area (TPSA) is 65.0 Å². The van der Waals surface area contributed by atoms with Crippen molar-refractivity contribution in [3.63, 3.8) is 0 Å². The molecular weight excluding hydrogens is 248 g/mol. The third-order valence-corrected chi connectivity index (χ3v) is 5.30. The fourth-order valence-corrected chi connectivity index (χ4v) is 4.08. The third kappa shape index (κ3) is 1.99. The average Bonchev–Trinajstić information content (AvgIpc) is 2.97. The number of carboxylic acids is 1. The highest BCUT2D eigenvalue weighted by Crippen LogP contribution is 2.50. The lowest BCUT2D eigenvalue weighted by Crippen LogP contribution is -2.51. The summed E-state index contributed by atoms with van der Waals surface area (Å²) in [5.74, 6) is -0.587. The molecule has 1 spiro atoms. The molecule has 3 heterocycles. The summed E-state index contributed by atoms with van der Waals surface area (Å²) < 4.78 is 17.0. The van der Waals surface area contributed by atoms with Gasteiger partial charge in [0.2, 0.25) is 0 Å². The molecule has 0 aromatic heterocycles. The SMILES string of the molecule is CC1OCCC1(C(=O)O)C1CCOC2(CCOC2)C1. The second-order valence-electron chi connectivity index (χ2n) is 6.13. The van der Waals surface area contributed by atoms with Gasteiger partial charge in [0.15, 0.2) is 0 Å². The normalized spacial score (nSPS) is 46.8. The number of ether oxygens (including phenoxy) is 3. The minimum Gasteiger partial charge on any atom is -0.481 e. The summed E-state index contributed by atoms with van der Waals surface area (Å²) in [5.41, 5.74) is -0.979. The molecule has 0 aliphatic carbocycles. The summed E-state index contributed by atoms with van der Waals surface area (Å²) in [6.45, 7) is 4.41. The zero-order valence-corrected chi connectivity index (χ0v) is 11.4. The molecule has 0 radical (unpaired) electrons. The van der Waals surface area contributed by atoms with Gasteiger partial charge in [0.05, 0.1) is 23.7 Å². The monoisotopic (exact) mass is 270 g/mol. The van der Waals surface area contributed by atoms with Crippen molar-refractivity contribution in [2.24, 2.45) is 11.3 Å². The van der Waals surface area contributed by atoms with Crippen LogP contribution in [0.5, 0.6) is 0 Å². The van der Waals surface area contributed by atoms with E-state index in [0.29, 0.717) is 26.2 Å². The van der Waals surface area contributed by atoms with Crippen molar-refractivity contribution in [2.75, 3.05) is 26.4 Å². The molecule has 5 nitrogen and oxygen atoms in total. The Hall–Kier alpha value is -0.650. The molecule has 108 valence electrons. The maximum Gasteiger partial charge on any atom is 0.312 e. The molecule has 19 heavy (non-hydrogen) atoms. The van der Waals surface area contributed by atoms with E-state index >= 15 is 0 Å². The lowest BCUT2D eigenvalue weighted by molar-refractivity contribution is -0.168. The molecule has 3 fully saturated rings. The van der Waals surface area contributed by atoms with Crippen molar-refractivity contribution in [3.05, 3.63) is 0 Å². The predicted molar refractivity (Wildman–Crippen MR) is 66.9 cm³/mol. The number of aliphatic carboxylic acids is 1. The van der Waals surface area contributed by atoms with E-state index in [-0.39, 0.29) is 17.6 Å². The minimum atomic E-state index is -0.737. The van der Waals surface area contributed by atoms with Gasteiger partial charge in [-0.2, -0.15) is 0 Å². The predicted octanol–water partition coefficient (Wildman–Crippen LogP) is 1.45. The van der Waals surface area contributed by atoms with Crippen LogP contribution >= 0.6 is 0 Å². The van der Waals surface area contributed by atoms with Gasteiger partial charge in [-0.15, -0.1) is 0 Å². The molecule has 4 atom stereocenters. The first kappa shape index (κ1) is 13.3. The van der Waals surface area contributed by atoms with Crippen LogP contribution in [0.2, 0.25) is 0 Å². The van der Waals surface area contributed by atoms with Crippen LogP contribution in [0.25, 0.3) is 0 Å². The van der Waals surface area contributed by atoms with E-state index < -0.39 is 11.4 Å². The van der Waals surface area contributed by atoms with Gasteiger partial charge in [-0.1, -0.05) is 0 Å². The molecule has 3 aliphatic heterocycles. The molecule has 1 N–H and O–H groups in total. The quantitative estimate of drug-likeness (QED) is 0.822. The van der Waals surface area contributed by atoms with Crippen LogP contribution < -0.4 is 0 Å². The highest BCUT2D eigenvalue weighted by atomic mass is 16.6. The van der Waals surface area contributed by atoms with Gasteiger partial charge in [-0.25, -0.2) is 0 Å². The van der Waals surface area contributed by atoms with Crippen molar-refractivity contribution in [2.45, 2.75) is 44.3 Å². The highest BCUT2D eigenvalue weighted by Gasteiger charge is 2.57. The molecule has 3 aliphatic rings. The van der Waals surface area contributed by atoms with E-state index in [1.807, 2.05) is 6.92 Å². The number of carbonyl (C=O) groups is 1. The van der Waals surface area contributed by atoms with E-state index in [1.165, 1.54) is 0 Å². The molecule has 0 amide bonds. The van der Waals surface area contributed by atoms with Crippen LogP contribution in [0.15, 0.2) is 0 Å². The molecule has 5 heteroatoms. The first-order valence-electron chi connectivity index (χ1n) is 7.16. The Bertz CT molecular complexity index is 363. The van der Waals surface area contributed by atoms with Crippen LogP contribution in [0.3, 0.4) is 0 Å². The van der Waals surface area contributed by atoms with Gasteiger partial charge in [0.25, 0.3) is 0 Å². The maximum absolute atomic E-state index is 11.9. The van der Waals surface area contributed by atoms with Gasteiger partial charge in [0, 0.05) is 26.2 Å². The molecule has 4 unspecified atom stereocenters. The van der Waals surface area contributed by atoms with Crippen molar-refractivity contribution in [3.8, 4) is 0 Å². The van der Waals surface area contributed by atoms with Crippen LogP contribution in [0.1, 0.15) is 32.6 Å². The number of carboxylic acid groups (broad SMARTS) is 1. The van der Waals surface area contributed by atoms with Crippen LogP contribution in [-0.2, 0) is 19.0 Å². The largest absolute Gasteiger partial charge is 0.481 e. The zero-order chi connectivity index (χ0) is 13.5. The Morgan fingerprint density at radius 2 is 2.11 bits per heavy atom. The fourth-order valence-electron chi connectivity index (χ4n) is 4.08. The first-order chi connectivity index (χ1) is 9.09. The zero-order valence-electron chi connectivity index (χ0n) is 11.4. The summed E-state index contributed by atoms with van der Waals surface area (Å²) >= 11 is 0. The third-order valence-electron chi connectivity index (χ3n) is 5.30. The molecular formula is C14H22O5. The van der Waals surface area contributed by atoms with E-state index in [2.05, 4.69) is 0 Å². The molecule has 0 aromatic rings. The maximum atomic E-state index is 11.9. The van der Waals surface area contributed by atoms with E-state index in [9.17, 15) is 9.90 Å². The van der Waals surface area contributed by atoms with E-state index in [4.69, 9.17) is 14.2 Å². The summed E-state index contributed by atoms with van der Waals surface area (Å²) in [6, 6.07) is 0. The van der Waals surface area contributed by atoms with Gasteiger partial charge in [0.1, 0.15) is 0 Å². The van der Waals surface area contributed by atoms with Crippen LogP contribution in [-0.4, -0.2) is 49.2 Å². The Kier molecular flexibility index (Phi) is 3.31. The highest BCUT2D eigenvalue weighted by molar-refractivity contribution is 5.76. The second-order valence-corrected chi connectivity index (χ2v) is 6.13. The van der Waals surface area contributed by atoms with Gasteiger partial charge < -0.3 is 19.3 Å². The second kappa shape index (κ2) is 4.72. The fraction of sp³-hybridized carbons (Fsp3) is 0.929. The Labute approximate surface area is 113 Å². The molecule has 0 saturated carbocycles. The Morgan fingerprint density at radius 1 is 1.26 bits per heavy atom. The Balaban J connectivity index is 1.85. The average molecular weight is 270 g/mol. The lowest BCUT2D eigenvalue weighted by atomic mass is 9.64. The molecule has 0 aromatic carbocycles. The number of hydrogen-bond donors (Lipinski definition) is 1. The van der Waals surface area contributed by atoms with Crippen molar-refractivity contribution >= 4 is 5.97 Å². The summed E-state index contributed by atoms with van der Waals surface area (Å²) in [6.07, 6.45) is 2.88. The summed E-state index contributed by atoms with van der Waals surface area (Å²) in [5, 5.41) is 9.77. The van der Waals surface area contributed by atoms with Gasteiger partial charge in [-0.3, -0.25) is 4.79 Å². The smallest absolute Gasteiger partial charge is 0.312 e. The van der Waals surface area contributed by atoms with Gasteiger partial charge >= 0.3 is 5.97 Å². The van der Waals surface area contributed by atoms with Crippen molar-refractivity contribution in [1.82, 2.24) is 0 Å². The van der Waals surface area contributed by atoms with E-state index in [0.717, 1.165) is 25.9 Å². The first-order valence-corrected chi connectivity index (χ1v) is 7.16. The number of rotatable bonds is 2. The van der Waals surface area contributed by atoms with E-state index in [1.54, 1.807) is 0 Å². The lowest BCUT2D eigenvalue weighted by Gasteiger charge is -2.44. The molecule has 3 rings (SSSR count). The van der Waals surface area contributed by atoms with Crippen molar-refractivity contribution in [1.29, 1.82) is 0 Å². The summed E-state index contributed by atoms with van der Waals surface area (Å²) in [7, 11) is 0. The van der Waals surface area contributed by atoms with Gasteiger partial charge in [-0.05, 0) is 32.1 Å². The summed E-state index contributed by atoms with van der Waals surface area (Å²) in [4.78, 5) is 11.9. The molecule has 0 bridgehead atoms. The minimum absolute atomic E-state index is 0.123.